The number of benzene rings is 1. The zero-order valence-electron chi connectivity index (χ0n) is 19.2. The predicted octanol–water partition coefficient (Wildman–Crippen LogP) is 4.60. The van der Waals surface area contributed by atoms with E-state index < -0.39 is 0 Å². The molecule has 11 heteroatoms. The number of likely N-dealkylation sites (N-methyl/N-ethyl adjacent to an activating group) is 1. The number of carbonyl (C=O) groups excluding carboxylic acids is 2. The number of rotatable bonds is 8. The number of aromatic nitrogens is 3. The molecule has 0 saturated carbocycles. The Morgan fingerprint density at radius 2 is 1.91 bits per heavy atom. The molecular formula is C22H27BrN6O3S. The van der Waals surface area contributed by atoms with Crippen molar-refractivity contribution in [3.63, 3.8) is 0 Å². The van der Waals surface area contributed by atoms with E-state index in [1.54, 1.807) is 28.8 Å². The molecule has 2 heterocycles. The van der Waals surface area contributed by atoms with Crippen LogP contribution in [0.5, 0.6) is 5.75 Å². The number of hydrogen-bond donors (Lipinski definition) is 3. The largest absolute Gasteiger partial charge is 0.506 e. The smallest absolute Gasteiger partial charge is 0.267 e. The minimum atomic E-state index is -0.319. The predicted molar refractivity (Wildman–Crippen MR) is 134 cm³/mol. The third kappa shape index (κ3) is 5.53. The summed E-state index contributed by atoms with van der Waals surface area (Å²) in [7, 11) is 0. The number of phenols is 1. The molecule has 0 aliphatic heterocycles. The van der Waals surface area contributed by atoms with Gasteiger partial charge >= 0.3 is 0 Å². The quantitative estimate of drug-likeness (QED) is 0.389. The molecule has 176 valence electrons. The summed E-state index contributed by atoms with van der Waals surface area (Å²) in [5.74, 6) is 0.355. The highest BCUT2D eigenvalue weighted by atomic mass is 79.9. The second-order valence-electron chi connectivity index (χ2n) is 7.56. The molecule has 3 aromatic rings. The molecule has 0 bridgehead atoms. The number of nitrogens with zero attached hydrogens (tertiary/aromatic N) is 4. The molecule has 0 aliphatic rings. The van der Waals surface area contributed by atoms with E-state index in [0.29, 0.717) is 44.6 Å². The molecule has 1 aromatic carbocycles. The highest BCUT2D eigenvalue weighted by Crippen LogP contribution is 2.36. The first-order valence-corrected chi connectivity index (χ1v) is 12.1. The van der Waals surface area contributed by atoms with Gasteiger partial charge in [0, 0.05) is 30.4 Å². The number of thiazole rings is 1. The van der Waals surface area contributed by atoms with Gasteiger partial charge in [0.25, 0.3) is 5.91 Å². The molecule has 0 radical (unpaired) electrons. The number of aryl methyl sites for hydroxylation is 2. The number of carbonyl (C=O) groups is 2. The summed E-state index contributed by atoms with van der Waals surface area (Å²) in [5.41, 5.74) is 2.84. The fourth-order valence-corrected chi connectivity index (χ4v) is 4.72. The van der Waals surface area contributed by atoms with Gasteiger partial charge in [-0.1, -0.05) is 11.3 Å². The van der Waals surface area contributed by atoms with E-state index >= 15 is 0 Å². The van der Waals surface area contributed by atoms with Crippen LogP contribution in [0.1, 0.15) is 40.2 Å². The van der Waals surface area contributed by atoms with Gasteiger partial charge in [0.2, 0.25) is 5.91 Å². The van der Waals surface area contributed by atoms with E-state index in [9.17, 15) is 14.7 Å². The Morgan fingerprint density at radius 3 is 2.58 bits per heavy atom. The molecule has 2 amide bonds. The summed E-state index contributed by atoms with van der Waals surface area (Å²) in [5, 5.41) is 21.1. The topological polar surface area (TPSA) is 112 Å². The maximum Gasteiger partial charge on any atom is 0.267 e. The number of halogens is 1. The first-order chi connectivity index (χ1) is 15.6. The van der Waals surface area contributed by atoms with Crippen LogP contribution in [0.3, 0.4) is 0 Å². The zero-order chi connectivity index (χ0) is 24.3. The van der Waals surface area contributed by atoms with Crippen molar-refractivity contribution in [3.8, 4) is 5.75 Å². The number of hydrogen-bond acceptors (Lipinski definition) is 7. The summed E-state index contributed by atoms with van der Waals surface area (Å²) >= 11 is 4.49. The van der Waals surface area contributed by atoms with Gasteiger partial charge in [0.15, 0.2) is 10.9 Å². The lowest BCUT2D eigenvalue weighted by atomic mass is 10.1. The molecular weight excluding hydrogens is 508 g/mol. The van der Waals surface area contributed by atoms with Gasteiger partial charge in [-0.05, 0) is 62.2 Å². The molecule has 3 N–H and O–H groups in total. The Bertz CT molecular complexity index is 1190. The van der Waals surface area contributed by atoms with Crippen molar-refractivity contribution >= 4 is 55.7 Å². The van der Waals surface area contributed by atoms with E-state index in [2.05, 4.69) is 36.6 Å². The minimum absolute atomic E-state index is 0.00632. The molecule has 3 rings (SSSR count). The highest BCUT2D eigenvalue weighted by molar-refractivity contribution is 9.10. The van der Waals surface area contributed by atoms with Crippen molar-refractivity contribution in [3.05, 3.63) is 44.5 Å². The van der Waals surface area contributed by atoms with Gasteiger partial charge in [-0.3, -0.25) is 14.3 Å². The van der Waals surface area contributed by atoms with E-state index in [1.807, 2.05) is 27.7 Å². The van der Waals surface area contributed by atoms with Crippen LogP contribution in [0.25, 0.3) is 0 Å². The molecule has 9 nitrogen and oxygen atoms in total. The zero-order valence-corrected chi connectivity index (χ0v) is 21.6. The SMILES string of the molecule is CCN(CC)C(=O)Cn1cc(C)c(Nc2ncc(C(=O)Nc3c(C)cc(Br)c(O)c3C)s2)n1. The van der Waals surface area contributed by atoms with E-state index in [4.69, 9.17) is 0 Å². The highest BCUT2D eigenvalue weighted by Gasteiger charge is 2.18. The summed E-state index contributed by atoms with van der Waals surface area (Å²) in [6, 6.07) is 1.75. The molecule has 0 atom stereocenters. The lowest BCUT2D eigenvalue weighted by Crippen LogP contribution is -2.33. The van der Waals surface area contributed by atoms with Crippen LogP contribution in [-0.2, 0) is 11.3 Å². The molecule has 0 saturated heterocycles. The van der Waals surface area contributed by atoms with E-state index in [0.717, 1.165) is 11.1 Å². The second-order valence-corrected chi connectivity index (χ2v) is 9.44. The average Bonchev–Trinajstić information content (AvgIpc) is 3.37. The first-order valence-electron chi connectivity index (χ1n) is 10.5. The number of aromatic hydroxyl groups is 1. The molecule has 2 aromatic heterocycles. The van der Waals surface area contributed by atoms with E-state index in [-0.39, 0.29) is 24.1 Å². The fraction of sp³-hybridized carbons (Fsp3) is 0.364. The molecule has 0 fully saturated rings. The Kier molecular flexibility index (Phi) is 7.75. The summed E-state index contributed by atoms with van der Waals surface area (Å²) in [4.78, 5) is 31.6. The maximum atomic E-state index is 12.8. The van der Waals surface area contributed by atoms with Gasteiger partial charge in [-0.15, -0.1) is 0 Å². The summed E-state index contributed by atoms with van der Waals surface area (Å²) in [6.45, 7) is 10.9. The van der Waals surface area contributed by atoms with Crippen LogP contribution < -0.4 is 10.6 Å². The van der Waals surface area contributed by atoms with E-state index in [1.165, 1.54) is 17.5 Å². The lowest BCUT2D eigenvalue weighted by molar-refractivity contribution is -0.131. The molecule has 0 spiro atoms. The van der Waals surface area contributed by atoms with Crippen LogP contribution >= 0.6 is 27.3 Å². The molecule has 0 aliphatic carbocycles. The van der Waals surface area contributed by atoms with Crippen molar-refractivity contribution < 1.29 is 14.7 Å². The fourth-order valence-electron chi connectivity index (χ4n) is 3.37. The standard InChI is InChI=1S/C22H27BrN6O3S/c1-6-28(7-2)17(30)11-29-10-13(4)20(27-29)26-22-24-9-16(33-22)21(32)25-18-12(3)8-15(23)19(31)14(18)5/h8-10,31H,6-7,11H2,1-5H3,(H,25,32)(H,24,26,27). The Balaban J connectivity index is 1.70. The van der Waals surface area contributed by atoms with Crippen molar-refractivity contribution in [2.24, 2.45) is 0 Å². The third-order valence-corrected chi connectivity index (χ3v) is 6.76. The van der Waals surface area contributed by atoms with Crippen molar-refractivity contribution in [1.82, 2.24) is 19.7 Å². The van der Waals surface area contributed by atoms with Crippen LogP contribution in [-0.4, -0.2) is 49.7 Å². The Hall–Kier alpha value is -2.92. The van der Waals surface area contributed by atoms with Gasteiger partial charge in [0.05, 0.1) is 16.4 Å². The summed E-state index contributed by atoms with van der Waals surface area (Å²) in [6.07, 6.45) is 3.29. The van der Waals surface area contributed by atoms with Crippen molar-refractivity contribution in [1.29, 1.82) is 0 Å². The lowest BCUT2D eigenvalue weighted by Gasteiger charge is -2.18. The van der Waals surface area contributed by atoms with Crippen molar-refractivity contribution in [2.75, 3.05) is 23.7 Å². The van der Waals surface area contributed by atoms with Crippen LogP contribution in [0.2, 0.25) is 0 Å². The van der Waals surface area contributed by atoms with Crippen LogP contribution in [0, 0.1) is 20.8 Å². The monoisotopic (exact) mass is 534 g/mol. The average molecular weight is 535 g/mol. The van der Waals surface area contributed by atoms with Crippen molar-refractivity contribution in [2.45, 2.75) is 41.2 Å². The van der Waals surface area contributed by atoms with Crippen LogP contribution in [0.15, 0.2) is 22.9 Å². The van der Waals surface area contributed by atoms with Crippen LogP contribution in [0.4, 0.5) is 16.6 Å². The number of nitrogens with one attached hydrogen (secondary N) is 2. The Labute approximate surface area is 205 Å². The number of phenolic OH excluding ortho intramolecular Hbond substituents is 1. The number of anilines is 3. The minimum Gasteiger partial charge on any atom is -0.506 e. The van der Waals surface area contributed by atoms with Gasteiger partial charge in [-0.25, -0.2) is 4.98 Å². The van der Waals surface area contributed by atoms with Gasteiger partial charge in [-0.2, -0.15) is 5.10 Å². The summed E-state index contributed by atoms with van der Waals surface area (Å²) < 4.78 is 2.18. The Morgan fingerprint density at radius 1 is 1.21 bits per heavy atom. The molecule has 0 unspecified atom stereocenters. The molecule has 33 heavy (non-hydrogen) atoms. The number of amides is 2. The third-order valence-electron chi connectivity index (χ3n) is 5.25. The van der Waals surface area contributed by atoms with Gasteiger partial charge < -0.3 is 20.6 Å². The maximum absolute atomic E-state index is 12.8. The second kappa shape index (κ2) is 10.3. The first kappa shape index (κ1) is 24.7. The van der Waals surface area contributed by atoms with Gasteiger partial charge in [0.1, 0.15) is 17.2 Å². The normalized spacial score (nSPS) is 10.8.